The second kappa shape index (κ2) is 39.9. The molecule has 87 heavy (non-hydrogen) atoms. The minimum atomic E-state index is -5.57. The van der Waals surface area contributed by atoms with Crippen LogP contribution >= 0.6 is 34.8 Å². The predicted octanol–water partition coefficient (Wildman–Crippen LogP) is 21.5. The van der Waals surface area contributed by atoms with Gasteiger partial charge in [0.25, 0.3) is 0 Å². The number of hydrogen-bond donors (Lipinski definition) is 0. The monoisotopic (exact) mass is 1940 g/mol. The minimum absolute atomic E-state index is 0.135. The van der Waals surface area contributed by atoms with Crippen LogP contribution in [0.3, 0.4) is 0 Å². The molecule has 0 saturated carbocycles. The van der Waals surface area contributed by atoms with Gasteiger partial charge in [0.1, 0.15) is 0 Å². The number of hydrogen-bond acceptors (Lipinski definition) is 0. The van der Waals surface area contributed by atoms with Crippen molar-refractivity contribution >= 4 is 167 Å². The van der Waals surface area contributed by atoms with Gasteiger partial charge in [0.2, 0.25) is 0 Å². The van der Waals surface area contributed by atoms with Crippen LogP contribution in [0.5, 0.6) is 0 Å². The molecule has 6 aromatic rings. The molecule has 0 bridgehead atoms. The molecule has 0 aliphatic heterocycles. The Morgan fingerprint density at radius 2 is 0.839 bits per heavy atom. The fourth-order valence-corrected chi connectivity index (χ4v) is 56.1. The quantitative estimate of drug-likeness (QED) is 0.0560. The van der Waals surface area contributed by atoms with E-state index in [0.29, 0.717) is 17.4 Å². The van der Waals surface area contributed by atoms with Gasteiger partial charge in [0.15, 0.2) is 0 Å². The molecular formula is C66H93Cl3F12Sn6. The molecule has 0 amide bonds. The van der Waals surface area contributed by atoms with E-state index in [2.05, 4.69) is 92.9 Å². The summed E-state index contributed by atoms with van der Waals surface area (Å²) in [5.41, 5.74) is 0. The molecular weight excluding hydrogens is 1840 g/mol. The number of alkyl halides is 9. The van der Waals surface area contributed by atoms with Gasteiger partial charge in [0, 0.05) is 0 Å². The summed E-state index contributed by atoms with van der Waals surface area (Å²) in [6.07, 6.45) is 3.51. The molecule has 21 heteroatoms. The Bertz CT molecular complexity index is 2830. The van der Waals surface area contributed by atoms with Crippen LogP contribution in [-0.2, 0) is 0 Å². The van der Waals surface area contributed by atoms with Gasteiger partial charge < -0.3 is 0 Å². The summed E-state index contributed by atoms with van der Waals surface area (Å²) in [5, 5.41) is 2.73. The Labute approximate surface area is 553 Å². The first-order chi connectivity index (χ1) is 40.2. The molecule has 0 N–H and O–H groups in total. The Morgan fingerprint density at radius 1 is 0.425 bits per heavy atom. The third kappa shape index (κ3) is 28.2. The van der Waals surface area contributed by atoms with E-state index in [0.717, 1.165) is 39.3 Å². The van der Waals surface area contributed by atoms with Crippen molar-refractivity contribution in [3.05, 3.63) is 178 Å². The van der Waals surface area contributed by atoms with Crippen molar-refractivity contribution in [2.45, 2.75) is 164 Å². The van der Waals surface area contributed by atoms with Crippen molar-refractivity contribution in [1.82, 2.24) is 0 Å². The summed E-state index contributed by atoms with van der Waals surface area (Å²) < 4.78 is 154. The number of benzene rings is 6. The molecule has 0 fully saturated rings. The van der Waals surface area contributed by atoms with E-state index in [4.69, 9.17) is 34.8 Å². The van der Waals surface area contributed by atoms with E-state index >= 15 is 0 Å². The topological polar surface area (TPSA) is 0 Å². The molecule has 0 aliphatic carbocycles. The van der Waals surface area contributed by atoms with Crippen LogP contribution < -0.4 is 21.5 Å². The summed E-state index contributed by atoms with van der Waals surface area (Å²) in [5.74, 6) is -2.32. The van der Waals surface area contributed by atoms with Crippen LogP contribution in [0.25, 0.3) is 0 Å². The average Bonchev–Trinajstić information content (AvgIpc) is 1.39. The molecule has 2 atom stereocenters. The molecule has 0 saturated heterocycles. The summed E-state index contributed by atoms with van der Waals surface area (Å²) >= 11 is -0.167. The normalized spacial score (nSPS) is 13.1. The zero-order chi connectivity index (χ0) is 66.8. The van der Waals surface area contributed by atoms with Crippen molar-refractivity contribution in [3.8, 4) is 0 Å². The van der Waals surface area contributed by atoms with Gasteiger partial charge in [-0.3, -0.25) is 0 Å². The summed E-state index contributed by atoms with van der Waals surface area (Å²) in [6, 6.07) is 41.9. The van der Waals surface area contributed by atoms with Crippen LogP contribution in [0, 0.1) is 17.5 Å². The molecule has 486 valence electrons. The van der Waals surface area contributed by atoms with Crippen molar-refractivity contribution < 1.29 is 52.7 Å². The van der Waals surface area contributed by atoms with Crippen LogP contribution in [0.15, 0.2) is 146 Å². The second-order valence-electron chi connectivity index (χ2n) is 25.1. The van der Waals surface area contributed by atoms with E-state index in [1.54, 1.807) is 47.8 Å². The Kier molecular flexibility index (Phi) is 39.0. The van der Waals surface area contributed by atoms with Crippen LogP contribution in [0.1, 0.15) is 73.1 Å². The Hall–Kier alpha value is 0.142. The van der Waals surface area contributed by atoms with Crippen molar-refractivity contribution in [3.63, 3.8) is 0 Å². The molecule has 0 spiro atoms. The fraction of sp³-hybridized carbons (Fsp3) is 0.455. The van der Waals surface area contributed by atoms with Crippen molar-refractivity contribution in [1.29, 1.82) is 0 Å². The third-order valence-electron chi connectivity index (χ3n) is 15.4. The molecule has 6 rings (SSSR count). The van der Waals surface area contributed by atoms with E-state index in [9.17, 15) is 52.7 Å². The Balaban J connectivity index is 0.000000528. The zero-order valence-corrected chi connectivity index (χ0v) is 72.9. The maximum absolute atomic E-state index is 13.9. The second-order valence-corrected chi connectivity index (χ2v) is 108. The molecule has 2 unspecified atom stereocenters. The predicted molar refractivity (Wildman–Crippen MR) is 368 cm³/mol. The standard InChI is InChI=1S/3C6H4Cl.C6H2F3.2C6H5.3C4H9.C2HF4.2C2H5.CF3.CHF2.10CH3.6Sn/c3*7-6-4-2-1-3-5-6;7-4-1-5(8)3-6(9)2-4;2*1-2-4-6-5-3-1;3*1-3-4-2;3-1-2(4,5)6;2*1-2;2-1(3)4;2-1-3;;;;;;;;;;;;;;;;/h2-5H;1-2,4-5H;1-4H;1-2H;2*1-5H;3*1,3-4H2,2H3;1H;2*1H2,2H3;;1H;10*1H3;;;;;;. The molecule has 0 aliphatic rings. The molecule has 6 aromatic carbocycles. The van der Waals surface area contributed by atoms with E-state index in [1.807, 2.05) is 45.2 Å². The molecule has 0 nitrogen and oxygen atoms in total. The van der Waals surface area contributed by atoms with Gasteiger partial charge in [-0.15, -0.1) is 0 Å². The van der Waals surface area contributed by atoms with Gasteiger partial charge in [-0.05, 0) is 0 Å². The van der Waals surface area contributed by atoms with Gasteiger partial charge in [-0.1, -0.05) is 0 Å². The zero-order valence-electron chi connectivity index (χ0n) is 53.5. The summed E-state index contributed by atoms with van der Waals surface area (Å²) in [6.45, 7) is 10.4. The fourth-order valence-electron chi connectivity index (χ4n) is 9.89. The SMILES string of the molecule is CCC[CH2][Sn]([CH2]CCC)([CH2]CCC)[c]1cccc(Cl)c1.C[CH2][Sn]([CH2]C)([c]1ccccc1)[CH](F)C(F)(F)F.[CH3][Sn]([CH3])([CH3])[c]1c(F)cc(F)cc1F.[CH3][Sn]([CH3])([CH3])[c]1ccc(Cl)cc1.[CH3][Sn]([CH3])([CH3])[c]1ccccc1Cl.[CH3][Sn]([c]1ccccc1)([CH](F)F)[C](F)(F)F. The van der Waals surface area contributed by atoms with Crippen LogP contribution in [0.4, 0.5) is 52.7 Å². The summed E-state index contributed by atoms with van der Waals surface area (Å²) in [4.78, 5) is 20.7. The van der Waals surface area contributed by atoms with E-state index in [1.165, 1.54) is 77.2 Å². The average molecular weight is 1930 g/mol. The number of halogens is 15. The molecule has 0 heterocycles. The van der Waals surface area contributed by atoms with Gasteiger partial charge in [-0.2, -0.15) is 0 Å². The van der Waals surface area contributed by atoms with Gasteiger partial charge in [0.05, 0.1) is 0 Å². The van der Waals surface area contributed by atoms with Crippen molar-refractivity contribution in [2.75, 3.05) is 0 Å². The van der Waals surface area contributed by atoms with Gasteiger partial charge >= 0.3 is 561 Å². The third-order valence-corrected chi connectivity index (χ3v) is 75.0. The molecule has 0 radical (unpaired) electrons. The van der Waals surface area contributed by atoms with Gasteiger partial charge in [-0.25, -0.2) is 0 Å². The first-order valence-corrected chi connectivity index (χ1v) is 82.8. The molecule has 0 aromatic heterocycles. The first-order valence-electron chi connectivity index (χ1n) is 29.8. The Morgan fingerprint density at radius 3 is 1.17 bits per heavy atom. The van der Waals surface area contributed by atoms with Crippen LogP contribution in [-0.4, -0.2) is 129 Å². The van der Waals surface area contributed by atoms with Crippen LogP contribution in [0.2, 0.25) is 86.6 Å². The van der Waals surface area contributed by atoms with Crippen molar-refractivity contribution in [2.24, 2.45) is 0 Å². The van der Waals surface area contributed by atoms with E-state index < -0.39 is 147 Å². The first kappa shape index (κ1) is 85.2. The van der Waals surface area contributed by atoms with E-state index in [-0.39, 0.29) is 7.16 Å². The number of unbranched alkanes of at least 4 members (excludes halogenated alkanes) is 3. The summed E-state index contributed by atoms with van der Waals surface area (Å²) in [7, 11) is 0. The maximum atomic E-state index is 13.9. The number of rotatable bonds is 19.